The molecule has 3 aromatic rings. The molecule has 0 aliphatic heterocycles. The van der Waals surface area contributed by atoms with Crippen LogP contribution < -0.4 is 0 Å². The molecule has 1 fully saturated rings. The van der Waals surface area contributed by atoms with Crippen molar-refractivity contribution in [2.45, 2.75) is 56.4 Å². The zero-order valence-electron chi connectivity index (χ0n) is 15.2. The van der Waals surface area contributed by atoms with Crippen LogP contribution in [0, 0.1) is 0 Å². The second-order valence-electron chi connectivity index (χ2n) is 7.74. The molecule has 3 aromatic heterocycles. The molecule has 140 valence electrons. The van der Waals surface area contributed by atoms with Gasteiger partial charge in [-0.05, 0) is 45.6 Å². The maximum absolute atomic E-state index is 11.9. The van der Waals surface area contributed by atoms with Crippen molar-refractivity contribution < 1.29 is 13.5 Å². The molecule has 1 saturated carbocycles. The molecule has 0 unspecified atom stereocenters. The van der Waals surface area contributed by atoms with E-state index in [1.165, 1.54) is 6.26 Å². The van der Waals surface area contributed by atoms with E-state index in [9.17, 15) is 13.5 Å². The van der Waals surface area contributed by atoms with Gasteiger partial charge in [-0.1, -0.05) is 0 Å². The summed E-state index contributed by atoms with van der Waals surface area (Å²) in [6.45, 7) is 3.85. The Morgan fingerprint density at radius 2 is 2.08 bits per heavy atom. The standard InChI is InChI=1S/C18H24N4O3S/c1-11(23)17-21-14-10-20-16-13(6-9-19-16)15(14)22(17)18(2)7-4-12(5-8-18)26(3,24)25/h6,9-12,23H,4-5,7-8H2,1-3H3,(H,19,20)/t11-,12?,18?/m1/s1. The molecule has 0 aromatic carbocycles. The number of imidazole rings is 1. The average molecular weight is 376 g/mol. The van der Waals surface area contributed by atoms with Crippen LogP contribution in [0.25, 0.3) is 22.1 Å². The summed E-state index contributed by atoms with van der Waals surface area (Å²) in [6.07, 6.45) is 6.87. The normalized spacial score (nSPS) is 25.8. The molecule has 26 heavy (non-hydrogen) atoms. The van der Waals surface area contributed by atoms with Crippen LogP contribution >= 0.6 is 0 Å². The van der Waals surface area contributed by atoms with Gasteiger partial charge >= 0.3 is 0 Å². The number of aromatic amines is 1. The van der Waals surface area contributed by atoms with Gasteiger partial charge in [0.2, 0.25) is 0 Å². The van der Waals surface area contributed by atoms with Crippen molar-refractivity contribution >= 4 is 31.9 Å². The number of hydrogen-bond acceptors (Lipinski definition) is 5. The van der Waals surface area contributed by atoms with E-state index in [-0.39, 0.29) is 10.8 Å². The number of H-pyrrole nitrogens is 1. The second-order valence-corrected chi connectivity index (χ2v) is 10.1. The Balaban J connectivity index is 1.90. The van der Waals surface area contributed by atoms with Crippen molar-refractivity contribution in [3.05, 3.63) is 24.3 Å². The van der Waals surface area contributed by atoms with Gasteiger partial charge in [0.1, 0.15) is 32.9 Å². The first kappa shape index (κ1) is 17.5. The van der Waals surface area contributed by atoms with Gasteiger partial charge in [0.25, 0.3) is 0 Å². The molecule has 1 atom stereocenters. The number of nitrogens with one attached hydrogen (secondary N) is 1. The van der Waals surface area contributed by atoms with Gasteiger partial charge in [-0.3, -0.25) is 0 Å². The number of aromatic nitrogens is 4. The average Bonchev–Trinajstić information content (AvgIpc) is 3.18. The molecule has 0 saturated heterocycles. The fourth-order valence-corrected chi connectivity index (χ4v) is 5.37. The first-order chi connectivity index (χ1) is 12.2. The smallest absolute Gasteiger partial charge is 0.150 e. The van der Waals surface area contributed by atoms with E-state index in [0.29, 0.717) is 18.7 Å². The lowest BCUT2D eigenvalue weighted by Crippen LogP contribution is -2.39. The molecule has 0 spiro atoms. The molecule has 3 heterocycles. The molecular weight excluding hydrogens is 352 g/mol. The van der Waals surface area contributed by atoms with Crippen LogP contribution in [0.5, 0.6) is 0 Å². The maximum atomic E-state index is 11.9. The fourth-order valence-electron chi connectivity index (χ4n) is 4.28. The third-order valence-electron chi connectivity index (χ3n) is 5.76. The molecular formula is C18H24N4O3S. The first-order valence-electron chi connectivity index (χ1n) is 8.92. The number of rotatable bonds is 3. The number of fused-ring (bicyclic) bond motifs is 3. The highest BCUT2D eigenvalue weighted by molar-refractivity contribution is 7.91. The molecule has 1 aliphatic rings. The molecule has 1 aliphatic carbocycles. The number of nitrogens with zero attached hydrogens (tertiary/aromatic N) is 3. The second kappa shape index (κ2) is 5.79. The summed E-state index contributed by atoms with van der Waals surface area (Å²) in [6, 6.07) is 1.97. The summed E-state index contributed by atoms with van der Waals surface area (Å²) >= 11 is 0. The summed E-state index contributed by atoms with van der Waals surface area (Å²) in [5.41, 5.74) is 2.18. The van der Waals surface area contributed by atoms with Crippen LogP contribution in [0.4, 0.5) is 0 Å². The van der Waals surface area contributed by atoms with Gasteiger partial charge < -0.3 is 14.7 Å². The van der Waals surface area contributed by atoms with Crippen molar-refractivity contribution in [2.24, 2.45) is 0 Å². The molecule has 7 nitrogen and oxygen atoms in total. The molecule has 8 heteroatoms. The summed E-state index contributed by atoms with van der Waals surface area (Å²) in [5.74, 6) is 0.607. The van der Waals surface area contributed by atoms with Crippen molar-refractivity contribution in [1.82, 2.24) is 19.5 Å². The lowest BCUT2D eigenvalue weighted by Gasteiger charge is -2.39. The van der Waals surface area contributed by atoms with E-state index in [2.05, 4.69) is 26.4 Å². The Kier molecular flexibility index (Phi) is 3.89. The molecule has 0 radical (unpaired) electrons. The Morgan fingerprint density at radius 3 is 2.69 bits per heavy atom. The van der Waals surface area contributed by atoms with Crippen molar-refractivity contribution in [3.8, 4) is 0 Å². The van der Waals surface area contributed by atoms with Crippen LogP contribution in [-0.4, -0.2) is 44.5 Å². The predicted octanol–water partition coefficient (Wildman–Crippen LogP) is 2.67. The SMILES string of the molecule is C[C@@H](O)c1nc2cnc3[nH]ccc3c2n1C1(C)CCC(S(C)(=O)=O)CC1. The molecule has 0 amide bonds. The van der Waals surface area contributed by atoms with E-state index in [0.717, 1.165) is 34.9 Å². The van der Waals surface area contributed by atoms with E-state index in [4.69, 9.17) is 0 Å². The summed E-state index contributed by atoms with van der Waals surface area (Å²) in [4.78, 5) is 12.2. The van der Waals surface area contributed by atoms with Gasteiger partial charge in [-0.15, -0.1) is 0 Å². The third kappa shape index (κ3) is 2.63. The minimum atomic E-state index is -3.03. The number of aliphatic hydroxyl groups excluding tert-OH is 1. The highest BCUT2D eigenvalue weighted by Crippen LogP contribution is 2.41. The Morgan fingerprint density at radius 1 is 1.38 bits per heavy atom. The number of hydrogen-bond donors (Lipinski definition) is 2. The van der Waals surface area contributed by atoms with Crippen LogP contribution in [0.3, 0.4) is 0 Å². The lowest BCUT2D eigenvalue weighted by molar-refractivity contribution is 0.156. The van der Waals surface area contributed by atoms with Crippen molar-refractivity contribution in [3.63, 3.8) is 0 Å². The first-order valence-corrected chi connectivity index (χ1v) is 10.9. The number of pyridine rings is 1. The van der Waals surface area contributed by atoms with Crippen LogP contribution in [0.2, 0.25) is 0 Å². The predicted molar refractivity (Wildman–Crippen MR) is 101 cm³/mol. The maximum Gasteiger partial charge on any atom is 0.150 e. The minimum Gasteiger partial charge on any atom is -0.385 e. The van der Waals surface area contributed by atoms with E-state index in [1.54, 1.807) is 13.1 Å². The van der Waals surface area contributed by atoms with Crippen LogP contribution in [0.1, 0.15) is 51.5 Å². The number of aliphatic hydroxyl groups is 1. The topological polar surface area (TPSA) is 101 Å². The van der Waals surface area contributed by atoms with Gasteiger partial charge in [0, 0.05) is 23.4 Å². The van der Waals surface area contributed by atoms with E-state index >= 15 is 0 Å². The Labute approximate surface area is 152 Å². The Hall–Kier alpha value is -1.93. The van der Waals surface area contributed by atoms with Gasteiger partial charge in [0.15, 0.2) is 0 Å². The van der Waals surface area contributed by atoms with Gasteiger partial charge in [-0.25, -0.2) is 18.4 Å². The zero-order valence-corrected chi connectivity index (χ0v) is 16.0. The lowest BCUT2D eigenvalue weighted by atomic mass is 9.82. The van der Waals surface area contributed by atoms with Gasteiger partial charge in [0.05, 0.1) is 17.0 Å². The monoisotopic (exact) mass is 376 g/mol. The summed E-state index contributed by atoms with van der Waals surface area (Å²) in [7, 11) is -3.03. The van der Waals surface area contributed by atoms with Crippen molar-refractivity contribution in [2.75, 3.05) is 6.26 Å². The molecule has 4 rings (SSSR count). The quantitative estimate of drug-likeness (QED) is 0.732. The van der Waals surface area contributed by atoms with E-state index < -0.39 is 15.9 Å². The highest BCUT2D eigenvalue weighted by Gasteiger charge is 2.39. The summed E-state index contributed by atoms with van der Waals surface area (Å²) < 4.78 is 26.0. The zero-order chi connectivity index (χ0) is 18.7. The third-order valence-corrected chi connectivity index (χ3v) is 7.44. The highest BCUT2D eigenvalue weighted by atomic mass is 32.2. The minimum absolute atomic E-state index is 0.283. The molecule has 2 N–H and O–H groups in total. The molecule has 0 bridgehead atoms. The van der Waals surface area contributed by atoms with E-state index in [1.807, 2.05) is 12.3 Å². The van der Waals surface area contributed by atoms with Crippen LogP contribution in [0.15, 0.2) is 18.5 Å². The Bertz CT molecular complexity index is 1070. The number of sulfone groups is 1. The van der Waals surface area contributed by atoms with Gasteiger partial charge in [-0.2, -0.15) is 0 Å². The van der Waals surface area contributed by atoms with Crippen molar-refractivity contribution in [1.29, 1.82) is 0 Å². The summed E-state index contributed by atoms with van der Waals surface area (Å²) in [5, 5.41) is 11.0. The largest absolute Gasteiger partial charge is 0.385 e. The van der Waals surface area contributed by atoms with Crippen LogP contribution in [-0.2, 0) is 15.4 Å². The fraction of sp³-hybridized carbons (Fsp3) is 0.556.